The van der Waals surface area contributed by atoms with Crippen LogP contribution in [0.3, 0.4) is 0 Å². The molecule has 0 saturated carbocycles. The maximum Gasteiger partial charge on any atom is 0.407 e. The van der Waals surface area contributed by atoms with Gasteiger partial charge in [0.1, 0.15) is 5.60 Å². The summed E-state index contributed by atoms with van der Waals surface area (Å²) in [4.78, 5) is 11.7. The van der Waals surface area contributed by atoms with Crippen LogP contribution in [0.2, 0.25) is 18.1 Å². The van der Waals surface area contributed by atoms with Crippen molar-refractivity contribution in [1.82, 2.24) is 5.32 Å². The van der Waals surface area contributed by atoms with Crippen molar-refractivity contribution >= 4 is 14.4 Å². The quantitative estimate of drug-likeness (QED) is 0.737. The number of nitrogens with one attached hydrogen (secondary N) is 1. The number of alkyl carbamates (subject to hydrolysis) is 1. The summed E-state index contributed by atoms with van der Waals surface area (Å²) in [6, 6.07) is -0.343. The number of hydrogen-bond acceptors (Lipinski definition) is 4. The molecule has 0 fully saturated rings. The predicted molar refractivity (Wildman–Crippen MR) is 88.0 cm³/mol. The van der Waals surface area contributed by atoms with Crippen LogP contribution in [0.1, 0.15) is 48.0 Å². The zero-order valence-electron chi connectivity index (χ0n) is 14.9. The van der Waals surface area contributed by atoms with Gasteiger partial charge in [0.05, 0.1) is 12.6 Å². The van der Waals surface area contributed by atoms with Crippen molar-refractivity contribution < 1.29 is 19.1 Å². The highest BCUT2D eigenvalue weighted by Crippen LogP contribution is 2.36. The highest BCUT2D eigenvalue weighted by Gasteiger charge is 2.37. The molecule has 1 atom stereocenters. The summed E-state index contributed by atoms with van der Waals surface area (Å²) < 4.78 is 11.2. The fourth-order valence-corrected chi connectivity index (χ4v) is 2.42. The Morgan fingerprint density at radius 1 is 1.19 bits per heavy atom. The lowest BCUT2D eigenvalue weighted by atomic mass is 10.2. The minimum absolute atomic E-state index is 0.125. The topological polar surface area (TPSA) is 67.8 Å². The number of amides is 1. The maximum absolute atomic E-state index is 11.7. The zero-order chi connectivity index (χ0) is 16.9. The molecule has 0 aliphatic carbocycles. The lowest BCUT2D eigenvalue weighted by Crippen LogP contribution is -2.44. The van der Waals surface area contributed by atoms with E-state index in [0.717, 1.165) is 0 Å². The summed E-state index contributed by atoms with van der Waals surface area (Å²) in [6.07, 6.45) is 0.0660. The lowest BCUT2D eigenvalue weighted by Gasteiger charge is -2.36. The standard InChI is InChI=1S/C15H33NO4Si/c1-14(2,3)20-13(18)16-12(11-17)9-10-19-21(7,8)15(4,5)6/h12,17H,9-11H2,1-8H3,(H,16,18)/t12-/m1/s1. The molecule has 5 nitrogen and oxygen atoms in total. The second-order valence-electron chi connectivity index (χ2n) is 7.92. The summed E-state index contributed by atoms with van der Waals surface area (Å²) in [6.45, 7) is 16.7. The summed E-state index contributed by atoms with van der Waals surface area (Å²) in [5.41, 5.74) is -0.540. The van der Waals surface area contributed by atoms with Crippen LogP contribution in [0, 0.1) is 0 Å². The highest BCUT2D eigenvalue weighted by atomic mass is 28.4. The Hall–Kier alpha value is -0.593. The number of carbonyl (C=O) groups is 1. The average molecular weight is 320 g/mol. The molecule has 0 spiro atoms. The van der Waals surface area contributed by atoms with Gasteiger partial charge in [0.15, 0.2) is 8.32 Å². The Morgan fingerprint density at radius 3 is 2.10 bits per heavy atom. The summed E-state index contributed by atoms with van der Waals surface area (Å²) >= 11 is 0. The van der Waals surface area contributed by atoms with E-state index in [4.69, 9.17) is 9.16 Å². The van der Waals surface area contributed by atoms with E-state index in [1.807, 2.05) is 0 Å². The molecule has 0 bridgehead atoms. The van der Waals surface area contributed by atoms with E-state index < -0.39 is 20.0 Å². The number of rotatable bonds is 6. The molecule has 0 aromatic rings. The minimum atomic E-state index is -1.79. The molecule has 0 aromatic heterocycles. The number of aliphatic hydroxyl groups is 1. The van der Waals surface area contributed by atoms with Crippen LogP contribution in [0.25, 0.3) is 0 Å². The van der Waals surface area contributed by atoms with Gasteiger partial charge < -0.3 is 19.6 Å². The van der Waals surface area contributed by atoms with Crippen molar-refractivity contribution in [2.75, 3.05) is 13.2 Å². The van der Waals surface area contributed by atoms with E-state index >= 15 is 0 Å². The van der Waals surface area contributed by atoms with E-state index in [0.29, 0.717) is 13.0 Å². The molecular weight excluding hydrogens is 286 g/mol. The van der Waals surface area contributed by atoms with Gasteiger partial charge in [-0.05, 0) is 45.3 Å². The molecule has 21 heavy (non-hydrogen) atoms. The van der Waals surface area contributed by atoms with Gasteiger partial charge in [-0.15, -0.1) is 0 Å². The summed E-state index contributed by atoms with van der Waals surface area (Å²) in [5, 5.41) is 12.2. The Labute approximate surface area is 130 Å². The van der Waals surface area contributed by atoms with Gasteiger partial charge in [0.2, 0.25) is 0 Å². The third-order valence-electron chi connectivity index (χ3n) is 3.68. The van der Waals surface area contributed by atoms with Crippen molar-refractivity contribution in [1.29, 1.82) is 0 Å². The van der Waals surface area contributed by atoms with Gasteiger partial charge in [-0.1, -0.05) is 20.8 Å². The Balaban J connectivity index is 4.26. The largest absolute Gasteiger partial charge is 0.444 e. The van der Waals surface area contributed by atoms with Gasteiger partial charge in [-0.25, -0.2) is 4.79 Å². The van der Waals surface area contributed by atoms with E-state index in [2.05, 4.69) is 39.2 Å². The molecule has 0 aromatic carbocycles. The molecule has 126 valence electrons. The van der Waals surface area contributed by atoms with Gasteiger partial charge in [-0.2, -0.15) is 0 Å². The van der Waals surface area contributed by atoms with Crippen molar-refractivity contribution in [3.63, 3.8) is 0 Å². The smallest absolute Gasteiger partial charge is 0.407 e. The average Bonchev–Trinajstić information content (AvgIpc) is 2.23. The fraction of sp³-hybridized carbons (Fsp3) is 0.933. The van der Waals surface area contributed by atoms with Gasteiger partial charge in [-0.3, -0.25) is 0 Å². The van der Waals surface area contributed by atoms with Crippen LogP contribution in [-0.2, 0) is 9.16 Å². The Morgan fingerprint density at radius 2 is 1.71 bits per heavy atom. The molecule has 0 radical (unpaired) electrons. The summed E-state index contributed by atoms with van der Waals surface area (Å²) in [5.74, 6) is 0. The first-order chi connectivity index (χ1) is 9.28. The van der Waals surface area contributed by atoms with Crippen LogP contribution in [0.5, 0.6) is 0 Å². The molecular formula is C15H33NO4Si. The van der Waals surface area contributed by atoms with Gasteiger partial charge in [0.25, 0.3) is 0 Å². The molecule has 0 saturated heterocycles. The van der Waals surface area contributed by atoms with Gasteiger partial charge in [0, 0.05) is 6.61 Å². The van der Waals surface area contributed by atoms with Crippen LogP contribution in [0.15, 0.2) is 0 Å². The Bertz CT molecular complexity index is 332. The first kappa shape index (κ1) is 20.4. The maximum atomic E-state index is 11.7. The van der Waals surface area contributed by atoms with E-state index in [1.165, 1.54) is 0 Å². The SMILES string of the molecule is CC(C)(C)OC(=O)N[C@@H](CO)CCO[Si](C)(C)C(C)(C)C. The third kappa shape index (κ3) is 8.43. The monoisotopic (exact) mass is 319 g/mol. The number of carbonyl (C=O) groups excluding carboxylic acids is 1. The predicted octanol–water partition coefficient (Wildman–Crippen LogP) is 3.28. The molecule has 0 aliphatic rings. The van der Waals surface area contributed by atoms with Crippen LogP contribution in [0.4, 0.5) is 4.79 Å². The molecule has 0 heterocycles. The molecule has 0 aliphatic heterocycles. The molecule has 1 amide bonds. The van der Waals surface area contributed by atoms with Crippen LogP contribution in [-0.4, -0.2) is 44.4 Å². The second kappa shape index (κ2) is 7.60. The highest BCUT2D eigenvalue weighted by molar-refractivity contribution is 6.74. The number of ether oxygens (including phenoxy) is 1. The number of aliphatic hydroxyl groups excluding tert-OH is 1. The van der Waals surface area contributed by atoms with Crippen molar-refractivity contribution in [2.45, 2.75) is 77.7 Å². The van der Waals surface area contributed by atoms with Crippen molar-refractivity contribution in [3.05, 3.63) is 0 Å². The first-order valence-corrected chi connectivity index (χ1v) is 10.4. The van der Waals surface area contributed by atoms with E-state index in [-0.39, 0.29) is 17.7 Å². The molecule has 6 heteroatoms. The first-order valence-electron chi connectivity index (χ1n) is 7.53. The third-order valence-corrected chi connectivity index (χ3v) is 8.21. The fourth-order valence-electron chi connectivity index (χ4n) is 1.36. The molecule has 0 unspecified atom stereocenters. The van der Waals surface area contributed by atoms with Crippen molar-refractivity contribution in [3.8, 4) is 0 Å². The van der Waals surface area contributed by atoms with Crippen LogP contribution >= 0.6 is 0 Å². The normalized spacial score (nSPS) is 14.7. The van der Waals surface area contributed by atoms with Gasteiger partial charge >= 0.3 is 6.09 Å². The van der Waals surface area contributed by atoms with Crippen LogP contribution < -0.4 is 5.32 Å². The number of hydrogen-bond donors (Lipinski definition) is 2. The zero-order valence-corrected chi connectivity index (χ0v) is 15.9. The van der Waals surface area contributed by atoms with E-state index in [1.54, 1.807) is 20.8 Å². The Kier molecular flexibility index (Phi) is 7.39. The van der Waals surface area contributed by atoms with E-state index in [9.17, 15) is 9.90 Å². The lowest BCUT2D eigenvalue weighted by molar-refractivity contribution is 0.0473. The second-order valence-corrected chi connectivity index (χ2v) is 12.7. The van der Waals surface area contributed by atoms with Crippen molar-refractivity contribution in [2.24, 2.45) is 0 Å². The molecule has 0 rings (SSSR count). The molecule has 2 N–H and O–H groups in total. The minimum Gasteiger partial charge on any atom is -0.444 e. The summed E-state index contributed by atoms with van der Waals surface area (Å²) in [7, 11) is -1.79.